The fourth-order valence-electron chi connectivity index (χ4n) is 4.28. The van der Waals surface area contributed by atoms with Crippen LogP contribution in [0.1, 0.15) is 23.6 Å². The molecule has 0 radical (unpaired) electrons. The maximum absolute atomic E-state index is 13.1. The molecular formula is C20H14N2O4. The van der Waals surface area contributed by atoms with Crippen molar-refractivity contribution in [2.75, 3.05) is 0 Å². The lowest BCUT2D eigenvalue weighted by molar-refractivity contribution is -0.154. The first-order chi connectivity index (χ1) is 12.6. The van der Waals surface area contributed by atoms with E-state index in [-0.39, 0.29) is 18.3 Å². The highest BCUT2D eigenvalue weighted by Crippen LogP contribution is 2.51. The van der Waals surface area contributed by atoms with E-state index in [1.165, 1.54) is 0 Å². The van der Waals surface area contributed by atoms with E-state index in [1.807, 2.05) is 37.3 Å². The van der Waals surface area contributed by atoms with Crippen LogP contribution in [0.2, 0.25) is 0 Å². The van der Waals surface area contributed by atoms with Crippen molar-refractivity contribution in [1.82, 2.24) is 9.55 Å². The maximum atomic E-state index is 13.1. The highest BCUT2D eigenvalue weighted by Gasteiger charge is 2.65. The van der Waals surface area contributed by atoms with Crippen molar-refractivity contribution in [1.29, 1.82) is 0 Å². The van der Waals surface area contributed by atoms with Gasteiger partial charge in [0.05, 0.1) is 29.0 Å². The van der Waals surface area contributed by atoms with Crippen LogP contribution in [-0.2, 0) is 33.0 Å². The Kier molecular flexibility index (Phi) is 2.40. The number of ether oxygens (including phenoxy) is 2. The lowest BCUT2D eigenvalue weighted by atomic mass is 9.90. The Hall–Kier alpha value is -2.99. The van der Waals surface area contributed by atoms with Gasteiger partial charge in [0.15, 0.2) is 0 Å². The number of fused-ring (bicyclic) bond motifs is 6. The molecule has 6 rings (SSSR count). The van der Waals surface area contributed by atoms with Gasteiger partial charge in [0.2, 0.25) is 5.60 Å². The van der Waals surface area contributed by atoms with Crippen LogP contribution >= 0.6 is 0 Å². The number of rotatable bonds is 0. The molecule has 1 fully saturated rings. The van der Waals surface area contributed by atoms with E-state index in [4.69, 9.17) is 14.5 Å². The highest BCUT2D eigenvalue weighted by atomic mass is 16.7. The van der Waals surface area contributed by atoms with Crippen LogP contribution in [0.15, 0.2) is 41.2 Å². The normalized spacial score (nSPS) is 25.0. The van der Waals surface area contributed by atoms with E-state index in [0.29, 0.717) is 17.7 Å². The number of cyclic esters (lactones) is 1. The molecule has 3 aromatic rings. The summed E-state index contributed by atoms with van der Waals surface area (Å²) in [5.74, 6) is -0.411. The van der Waals surface area contributed by atoms with E-state index >= 15 is 0 Å². The zero-order valence-electron chi connectivity index (χ0n) is 14.0. The molecule has 0 saturated carbocycles. The average molecular weight is 346 g/mol. The number of carbonyl (C=O) groups is 1. The minimum atomic E-state index is -1.12. The van der Waals surface area contributed by atoms with Crippen LogP contribution in [0.25, 0.3) is 22.3 Å². The van der Waals surface area contributed by atoms with E-state index in [9.17, 15) is 9.59 Å². The van der Waals surface area contributed by atoms with Crippen molar-refractivity contribution in [3.05, 3.63) is 63.4 Å². The molecule has 2 atom stereocenters. The molecule has 3 aliphatic heterocycles. The standard InChI is InChI=1S/C20H14N2O4/c1-10-20(26-10)14-7-16-17-12(6-11-4-2-3-5-15(11)21-17)8-22(16)18(23)13(14)9-25-19(20)24/h2-7,10H,8-9H2,1H3/t10?,20-/m0/s1. The Morgan fingerprint density at radius 1 is 1.23 bits per heavy atom. The smallest absolute Gasteiger partial charge is 0.346 e. The molecule has 0 aliphatic carbocycles. The van der Waals surface area contributed by atoms with Crippen molar-refractivity contribution in [3.63, 3.8) is 0 Å². The van der Waals surface area contributed by atoms with Gasteiger partial charge in [-0.15, -0.1) is 0 Å². The third-order valence-corrected chi connectivity index (χ3v) is 5.70. The summed E-state index contributed by atoms with van der Waals surface area (Å²) < 4.78 is 12.6. The van der Waals surface area contributed by atoms with E-state index in [2.05, 4.69) is 6.07 Å². The number of aromatic nitrogens is 2. The minimum Gasteiger partial charge on any atom is -0.458 e. The van der Waals surface area contributed by atoms with Crippen molar-refractivity contribution in [2.24, 2.45) is 0 Å². The fourth-order valence-corrected chi connectivity index (χ4v) is 4.28. The number of pyridine rings is 2. The monoisotopic (exact) mass is 346 g/mol. The second kappa shape index (κ2) is 4.40. The van der Waals surface area contributed by atoms with Gasteiger partial charge in [-0.05, 0) is 25.1 Å². The van der Waals surface area contributed by atoms with Crippen molar-refractivity contribution < 1.29 is 14.3 Å². The predicted molar refractivity (Wildman–Crippen MR) is 92.6 cm³/mol. The summed E-state index contributed by atoms with van der Waals surface area (Å²) in [5, 5.41) is 1.05. The van der Waals surface area contributed by atoms with Gasteiger partial charge in [-0.2, -0.15) is 0 Å². The number of benzene rings is 1. The molecule has 6 heteroatoms. The Morgan fingerprint density at radius 2 is 2.04 bits per heavy atom. The van der Waals surface area contributed by atoms with Crippen LogP contribution in [0.4, 0.5) is 0 Å². The average Bonchev–Trinajstić information content (AvgIpc) is 3.18. The van der Waals surface area contributed by atoms with Crippen LogP contribution in [0.5, 0.6) is 0 Å². The summed E-state index contributed by atoms with van der Waals surface area (Å²) in [5.41, 5.74) is 3.33. The first kappa shape index (κ1) is 14.2. The Bertz CT molecular complexity index is 1210. The van der Waals surface area contributed by atoms with Gasteiger partial charge in [-0.3, -0.25) is 4.79 Å². The van der Waals surface area contributed by atoms with Gasteiger partial charge >= 0.3 is 5.97 Å². The van der Waals surface area contributed by atoms with Crippen LogP contribution in [0, 0.1) is 0 Å². The molecule has 3 aliphatic rings. The van der Waals surface area contributed by atoms with Crippen molar-refractivity contribution in [2.45, 2.75) is 31.8 Å². The van der Waals surface area contributed by atoms with Crippen LogP contribution in [0.3, 0.4) is 0 Å². The third-order valence-electron chi connectivity index (χ3n) is 5.70. The van der Waals surface area contributed by atoms with Gasteiger partial charge in [0, 0.05) is 16.5 Å². The summed E-state index contributed by atoms with van der Waals surface area (Å²) >= 11 is 0. The summed E-state index contributed by atoms with van der Waals surface area (Å²) in [7, 11) is 0. The lowest BCUT2D eigenvalue weighted by Crippen LogP contribution is -2.38. The number of carbonyl (C=O) groups excluding carboxylic acids is 1. The van der Waals surface area contributed by atoms with Gasteiger partial charge < -0.3 is 14.0 Å². The molecule has 1 unspecified atom stereocenters. The molecule has 26 heavy (non-hydrogen) atoms. The third kappa shape index (κ3) is 1.54. The zero-order valence-corrected chi connectivity index (χ0v) is 14.0. The summed E-state index contributed by atoms with van der Waals surface area (Å²) in [4.78, 5) is 30.2. The summed E-state index contributed by atoms with van der Waals surface area (Å²) in [6, 6.07) is 11.9. The molecule has 5 heterocycles. The number of epoxide rings is 1. The molecule has 0 bridgehead atoms. The van der Waals surface area contributed by atoms with Crippen LogP contribution < -0.4 is 5.56 Å². The molecule has 128 valence electrons. The first-order valence-corrected chi connectivity index (χ1v) is 8.61. The number of para-hydroxylation sites is 1. The molecule has 6 nitrogen and oxygen atoms in total. The largest absolute Gasteiger partial charge is 0.458 e. The molecule has 1 spiro atoms. The topological polar surface area (TPSA) is 73.7 Å². The van der Waals surface area contributed by atoms with Gasteiger partial charge in [0.25, 0.3) is 5.56 Å². The Morgan fingerprint density at radius 3 is 2.85 bits per heavy atom. The maximum Gasteiger partial charge on any atom is 0.346 e. The SMILES string of the molecule is CC1O[C@@]12C(=O)OCc1c2cc2n(c1=O)Cc1cc3ccccc3nc1-2. The number of esters is 1. The molecule has 2 aromatic heterocycles. The molecule has 1 aromatic carbocycles. The second-order valence-corrected chi connectivity index (χ2v) is 7.07. The van der Waals surface area contributed by atoms with Crippen molar-refractivity contribution in [3.8, 4) is 11.4 Å². The van der Waals surface area contributed by atoms with E-state index in [0.717, 1.165) is 27.9 Å². The molecule has 0 amide bonds. The molecule has 0 N–H and O–H groups in total. The highest BCUT2D eigenvalue weighted by molar-refractivity contribution is 5.88. The van der Waals surface area contributed by atoms with E-state index in [1.54, 1.807) is 4.57 Å². The van der Waals surface area contributed by atoms with Gasteiger partial charge in [0.1, 0.15) is 12.7 Å². The summed E-state index contributed by atoms with van der Waals surface area (Å²) in [6.07, 6.45) is -0.290. The molecular weight excluding hydrogens is 332 g/mol. The Labute approximate surface area is 148 Å². The van der Waals surface area contributed by atoms with Gasteiger partial charge in [-0.1, -0.05) is 18.2 Å². The van der Waals surface area contributed by atoms with Crippen molar-refractivity contribution >= 4 is 16.9 Å². The van der Waals surface area contributed by atoms with Crippen LogP contribution in [-0.4, -0.2) is 21.6 Å². The fraction of sp³-hybridized carbons (Fsp3) is 0.250. The number of hydrogen-bond donors (Lipinski definition) is 0. The Balaban J connectivity index is 1.65. The zero-order chi connectivity index (χ0) is 17.6. The minimum absolute atomic E-state index is 0.00312. The van der Waals surface area contributed by atoms with E-state index < -0.39 is 11.6 Å². The summed E-state index contributed by atoms with van der Waals surface area (Å²) in [6.45, 7) is 2.30. The predicted octanol–water partition coefficient (Wildman–Crippen LogP) is 2.10. The lowest BCUT2D eigenvalue weighted by Gasteiger charge is -2.23. The van der Waals surface area contributed by atoms with Gasteiger partial charge in [-0.25, -0.2) is 9.78 Å². The second-order valence-electron chi connectivity index (χ2n) is 7.07. The number of hydrogen-bond acceptors (Lipinski definition) is 5. The molecule has 1 saturated heterocycles. The number of nitrogens with zero attached hydrogens (tertiary/aromatic N) is 2. The quantitative estimate of drug-likeness (QED) is 0.360. The first-order valence-electron chi connectivity index (χ1n) is 8.61.